The van der Waals surface area contributed by atoms with Crippen LogP contribution in [0.2, 0.25) is 0 Å². The van der Waals surface area contributed by atoms with Crippen LogP contribution in [0.4, 0.5) is 0 Å². The Labute approximate surface area is 96.4 Å². The Morgan fingerprint density at radius 2 is 2.27 bits per heavy atom. The van der Waals surface area contributed by atoms with Crippen molar-refractivity contribution in [2.75, 3.05) is 0 Å². The molecule has 2 heterocycles. The molecule has 2 aromatic rings. The van der Waals surface area contributed by atoms with Gasteiger partial charge < -0.3 is 10.1 Å². The van der Waals surface area contributed by atoms with Gasteiger partial charge >= 0.3 is 0 Å². The summed E-state index contributed by atoms with van der Waals surface area (Å²) in [4.78, 5) is 4.65. The fourth-order valence-corrected chi connectivity index (χ4v) is 2.31. The number of nitrogens with zero attached hydrogens (tertiary/aromatic N) is 2. The maximum absolute atomic E-state index is 5.80. The highest BCUT2D eigenvalue weighted by atomic mass is 79.9. The first-order valence-electron chi connectivity index (χ1n) is 5.16. The summed E-state index contributed by atoms with van der Waals surface area (Å²) in [5, 5.41) is 0. The standard InChI is InChI=1S/C11H12BrN3/c12-8-3-4-10-14-11(7-1-2-7)9(5-13)15(10)6-8/h3-4,6-7H,1-2,5,13H2. The summed E-state index contributed by atoms with van der Waals surface area (Å²) in [5.41, 5.74) is 9.17. The van der Waals surface area contributed by atoms with E-state index in [9.17, 15) is 0 Å². The largest absolute Gasteiger partial charge is 0.325 e. The summed E-state index contributed by atoms with van der Waals surface area (Å²) in [6, 6.07) is 4.04. The lowest BCUT2D eigenvalue weighted by atomic mass is 10.2. The molecule has 3 rings (SSSR count). The zero-order valence-corrected chi connectivity index (χ0v) is 9.87. The zero-order valence-electron chi connectivity index (χ0n) is 8.28. The van der Waals surface area contributed by atoms with Crippen LogP contribution in [0.15, 0.2) is 22.8 Å². The average Bonchev–Trinajstić information content (AvgIpc) is 3.00. The fraction of sp³-hybridized carbons (Fsp3) is 0.364. The summed E-state index contributed by atoms with van der Waals surface area (Å²) in [6.07, 6.45) is 4.56. The molecule has 0 amide bonds. The van der Waals surface area contributed by atoms with Gasteiger partial charge in [0.15, 0.2) is 0 Å². The molecule has 0 radical (unpaired) electrons. The van der Waals surface area contributed by atoms with Crippen molar-refractivity contribution in [1.29, 1.82) is 0 Å². The van der Waals surface area contributed by atoms with E-state index in [1.807, 2.05) is 18.3 Å². The first kappa shape index (κ1) is 9.36. The Morgan fingerprint density at radius 1 is 1.47 bits per heavy atom. The lowest BCUT2D eigenvalue weighted by Gasteiger charge is -2.00. The molecule has 1 fully saturated rings. The van der Waals surface area contributed by atoms with Gasteiger partial charge in [-0.05, 0) is 40.9 Å². The molecular formula is C11H12BrN3. The molecule has 0 bridgehead atoms. The van der Waals surface area contributed by atoms with Gasteiger partial charge in [0.05, 0.1) is 11.4 Å². The number of fused-ring (bicyclic) bond motifs is 1. The minimum atomic E-state index is 0.559. The van der Waals surface area contributed by atoms with Gasteiger partial charge in [-0.15, -0.1) is 0 Å². The van der Waals surface area contributed by atoms with E-state index in [4.69, 9.17) is 5.73 Å². The second-order valence-corrected chi connectivity index (χ2v) is 4.91. The first-order valence-corrected chi connectivity index (χ1v) is 5.95. The van der Waals surface area contributed by atoms with Crippen LogP contribution in [0.5, 0.6) is 0 Å². The van der Waals surface area contributed by atoms with Crippen LogP contribution in [0.1, 0.15) is 30.1 Å². The van der Waals surface area contributed by atoms with Crippen molar-refractivity contribution < 1.29 is 0 Å². The zero-order chi connectivity index (χ0) is 10.4. The minimum absolute atomic E-state index is 0.559. The Morgan fingerprint density at radius 3 is 2.93 bits per heavy atom. The molecular weight excluding hydrogens is 254 g/mol. The Kier molecular flexibility index (Phi) is 2.07. The molecule has 1 saturated carbocycles. The maximum Gasteiger partial charge on any atom is 0.137 e. The van der Waals surface area contributed by atoms with E-state index in [2.05, 4.69) is 25.3 Å². The summed E-state index contributed by atoms with van der Waals surface area (Å²) in [7, 11) is 0. The molecule has 2 N–H and O–H groups in total. The molecule has 0 atom stereocenters. The Hall–Kier alpha value is -0.870. The topological polar surface area (TPSA) is 43.3 Å². The molecule has 3 nitrogen and oxygen atoms in total. The third-order valence-corrected chi connectivity index (χ3v) is 3.34. The number of pyridine rings is 1. The van der Waals surface area contributed by atoms with Crippen molar-refractivity contribution in [3.8, 4) is 0 Å². The van der Waals surface area contributed by atoms with Crippen LogP contribution in [0.25, 0.3) is 5.65 Å². The number of imidazole rings is 1. The number of rotatable bonds is 2. The monoisotopic (exact) mass is 265 g/mol. The van der Waals surface area contributed by atoms with Gasteiger partial charge in [0, 0.05) is 23.1 Å². The number of halogens is 1. The van der Waals surface area contributed by atoms with E-state index in [0.717, 1.165) is 15.8 Å². The lowest BCUT2D eigenvalue weighted by molar-refractivity contribution is 0.909. The highest BCUT2D eigenvalue weighted by Crippen LogP contribution is 2.41. The summed E-state index contributed by atoms with van der Waals surface area (Å²) >= 11 is 3.47. The number of hydrogen-bond acceptors (Lipinski definition) is 2. The average molecular weight is 266 g/mol. The molecule has 2 aromatic heterocycles. The normalized spacial score (nSPS) is 16.1. The van der Waals surface area contributed by atoms with Crippen molar-refractivity contribution in [3.63, 3.8) is 0 Å². The highest BCUT2D eigenvalue weighted by molar-refractivity contribution is 9.10. The Bertz CT molecular complexity index is 514. The van der Waals surface area contributed by atoms with Crippen LogP contribution in [-0.2, 0) is 6.54 Å². The Balaban J connectivity index is 2.27. The molecule has 15 heavy (non-hydrogen) atoms. The quantitative estimate of drug-likeness (QED) is 0.907. The molecule has 0 unspecified atom stereocenters. The molecule has 0 aliphatic heterocycles. The van der Waals surface area contributed by atoms with Crippen molar-refractivity contribution >= 4 is 21.6 Å². The second kappa shape index (κ2) is 3.32. The van der Waals surface area contributed by atoms with Gasteiger partial charge in [-0.3, -0.25) is 0 Å². The second-order valence-electron chi connectivity index (χ2n) is 4.00. The lowest BCUT2D eigenvalue weighted by Crippen LogP contribution is -2.03. The van der Waals surface area contributed by atoms with Gasteiger partial charge in [0.25, 0.3) is 0 Å². The molecule has 1 aliphatic rings. The van der Waals surface area contributed by atoms with Gasteiger partial charge in [-0.2, -0.15) is 0 Å². The predicted molar refractivity (Wildman–Crippen MR) is 62.8 cm³/mol. The summed E-state index contributed by atoms with van der Waals surface area (Å²) < 4.78 is 3.15. The van der Waals surface area contributed by atoms with E-state index in [-0.39, 0.29) is 0 Å². The minimum Gasteiger partial charge on any atom is -0.325 e. The molecule has 1 aliphatic carbocycles. The van der Waals surface area contributed by atoms with Crippen LogP contribution < -0.4 is 5.73 Å². The van der Waals surface area contributed by atoms with E-state index in [1.54, 1.807) is 0 Å². The molecule has 0 spiro atoms. The van der Waals surface area contributed by atoms with Crippen LogP contribution >= 0.6 is 15.9 Å². The summed E-state index contributed by atoms with van der Waals surface area (Å²) in [6.45, 7) is 0.559. The molecule has 78 valence electrons. The van der Waals surface area contributed by atoms with Gasteiger partial charge in [0.2, 0.25) is 0 Å². The third-order valence-electron chi connectivity index (χ3n) is 2.87. The first-order chi connectivity index (χ1) is 7.29. The molecule has 4 heteroatoms. The number of aromatic nitrogens is 2. The predicted octanol–water partition coefficient (Wildman–Crippen LogP) is 2.43. The van der Waals surface area contributed by atoms with Crippen LogP contribution in [0, 0.1) is 0 Å². The van der Waals surface area contributed by atoms with Gasteiger partial charge in [0.1, 0.15) is 5.65 Å². The van der Waals surface area contributed by atoms with Crippen molar-refractivity contribution in [1.82, 2.24) is 9.38 Å². The third kappa shape index (κ3) is 1.48. The maximum atomic E-state index is 5.80. The number of hydrogen-bond donors (Lipinski definition) is 1. The molecule has 0 saturated heterocycles. The van der Waals surface area contributed by atoms with E-state index in [0.29, 0.717) is 12.5 Å². The van der Waals surface area contributed by atoms with Crippen molar-refractivity contribution in [2.24, 2.45) is 5.73 Å². The van der Waals surface area contributed by atoms with Crippen molar-refractivity contribution in [2.45, 2.75) is 25.3 Å². The SMILES string of the molecule is NCc1c(C2CC2)nc2ccc(Br)cn12. The van der Waals surface area contributed by atoms with Gasteiger partial charge in [-0.25, -0.2) is 4.98 Å². The smallest absolute Gasteiger partial charge is 0.137 e. The summed E-state index contributed by atoms with van der Waals surface area (Å²) in [5.74, 6) is 0.655. The van der Waals surface area contributed by atoms with Gasteiger partial charge in [-0.1, -0.05) is 0 Å². The fourth-order valence-electron chi connectivity index (χ4n) is 1.97. The number of nitrogens with two attached hydrogens (primary N) is 1. The van der Waals surface area contributed by atoms with Crippen LogP contribution in [0.3, 0.4) is 0 Å². The highest BCUT2D eigenvalue weighted by Gasteiger charge is 2.29. The van der Waals surface area contributed by atoms with Crippen LogP contribution in [-0.4, -0.2) is 9.38 Å². The van der Waals surface area contributed by atoms with E-state index >= 15 is 0 Å². The van der Waals surface area contributed by atoms with E-state index < -0.39 is 0 Å². The van der Waals surface area contributed by atoms with E-state index in [1.165, 1.54) is 18.5 Å². The molecule has 0 aromatic carbocycles. The van der Waals surface area contributed by atoms with Crippen molar-refractivity contribution in [3.05, 3.63) is 34.2 Å².